The summed E-state index contributed by atoms with van der Waals surface area (Å²) >= 11 is 0. The fraction of sp³-hybridized carbons (Fsp3) is 0.318. The van der Waals surface area contributed by atoms with E-state index >= 15 is 0 Å². The highest BCUT2D eigenvalue weighted by molar-refractivity contribution is 5.47. The van der Waals surface area contributed by atoms with E-state index in [1.165, 1.54) is 11.1 Å². The first-order valence-electron chi connectivity index (χ1n) is 9.20. The smallest absolute Gasteiger partial charge is 0.127 e. The molecule has 0 spiro atoms. The summed E-state index contributed by atoms with van der Waals surface area (Å²) in [5.74, 6) is 2.64. The molecule has 5 N–H and O–H groups in total. The van der Waals surface area contributed by atoms with Crippen molar-refractivity contribution >= 4 is 6.72 Å². The van der Waals surface area contributed by atoms with E-state index in [4.69, 9.17) is 16.2 Å². The van der Waals surface area contributed by atoms with Gasteiger partial charge in [0.15, 0.2) is 0 Å². The number of nitrogens with zero attached hydrogens (tertiary/aromatic N) is 1. The van der Waals surface area contributed by atoms with Crippen LogP contribution in [-0.2, 0) is 4.74 Å². The van der Waals surface area contributed by atoms with Crippen LogP contribution in [0.15, 0.2) is 88.3 Å². The van der Waals surface area contributed by atoms with Gasteiger partial charge in [0.05, 0.1) is 6.17 Å². The van der Waals surface area contributed by atoms with Crippen molar-refractivity contribution in [3.8, 4) is 0 Å². The van der Waals surface area contributed by atoms with Gasteiger partial charge in [0.2, 0.25) is 0 Å². The lowest BCUT2D eigenvalue weighted by Crippen LogP contribution is -2.39. The van der Waals surface area contributed by atoms with Crippen LogP contribution in [0.4, 0.5) is 0 Å². The Morgan fingerprint density at radius 1 is 1.30 bits per heavy atom. The highest BCUT2D eigenvalue weighted by Crippen LogP contribution is 2.41. The van der Waals surface area contributed by atoms with Crippen LogP contribution in [0.1, 0.15) is 26.2 Å². The zero-order chi connectivity index (χ0) is 19.6. The fourth-order valence-electron chi connectivity index (χ4n) is 3.64. The molecule has 5 heteroatoms. The predicted molar refractivity (Wildman–Crippen MR) is 111 cm³/mol. The number of fused-ring (bicyclic) bond motifs is 1. The van der Waals surface area contributed by atoms with Crippen molar-refractivity contribution in [3.63, 3.8) is 0 Å². The maximum Gasteiger partial charge on any atom is 0.127 e. The summed E-state index contributed by atoms with van der Waals surface area (Å²) < 4.78 is 6.14. The van der Waals surface area contributed by atoms with Gasteiger partial charge in [-0.25, -0.2) is 4.99 Å². The molecule has 3 aliphatic rings. The zero-order valence-corrected chi connectivity index (χ0v) is 15.9. The number of hydrogen-bond donors (Lipinski definition) is 3. The topological polar surface area (TPSA) is 85.7 Å². The molecule has 0 aromatic heterocycles. The van der Waals surface area contributed by atoms with Gasteiger partial charge >= 0.3 is 0 Å². The second-order valence-electron chi connectivity index (χ2n) is 7.22. The van der Waals surface area contributed by atoms with E-state index in [0.717, 1.165) is 36.3 Å². The Balaban J connectivity index is 1.67. The molecule has 0 radical (unpaired) electrons. The predicted octanol–water partition coefficient (Wildman–Crippen LogP) is 3.53. The van der Waals surface area contributed by atoms with Gasteiger partial charge in [0.25, 0.3) is 0 Å². The van der Waals surface area contributed by atoms with Crippen LogP contribution in [0, 0.1) is 11.8 Å². The number of aliphatic imine (C=N–C) groups is 1. The Morgan fingerprint density at radius 3 is 2.70 bits per heavy atom. The monoisotopic (exact) mass is 364 g/mol. The maximum absolute atomic E-state index is 6.14. The highest BCUT2D eigenvalue weighted by Gasteiger charge is 2.31. The number of ether oxygens (including phenoxy) is 1. The molecule has 5 nitrogen and oxygen atoms in total. The van der Waals surface area contributed by atoms with E-state index in [2.05, 4.69) is 55.3 Å². The summed E-state index contributed by atoms with van der Waals surface area (Å²) in [7, 11) is 0. The number of nitrogens with two attached hydrogens (primary N) is 2. The SMILES string of the molecule is C=NC(=C)NC1=CC=C(C(=C)OC2=C(C)C3CC(C(N)N)C=CC3=C2)CC1. The molecule has 2 unspecified atom stereocenters. The molecule has 27 heavy (non-hydrogen) atoms. The first-order chi connectivity index (χ1) is 12.9. The lowest BCUT2D eigenvalue weighted by atomic mass is 9.81. The van der Waals surface area contributed by atoms with Crippen LogP contribution >= 0.6 is 0 Å². The molecule has 3 aliphatic carbocycles. The fourth-order valence-corrected chi connectivity index (χ4v) is 3.64. The highest BCUT2D eigenvalue weighted by atomic mass is 16.5. The van der Waals surface area contributed by atoms with E-state index in [0.29, 0.717) is 17.5 Å². The Labute approximate surface area is 161 Å². The average molecular weight is 364 g/mol. The van der Waals surface area contributed by atoms with Gasteiger partial charge in [0.1, 0.15) is 17.3 Å². The van der Waals surface area contributed by atoms with E-state index in [-0.39, 0.29) is 12.1 Å². The maximum atomic E-state index is 6.14. The third-order valence-electron chi connectivity index (χ3n) is 5.39. The lowest BCUT2D eigenvalue weighted by molar-refractivity contribution is 0.322. The Kier molecular flexibility index (Phi) is 5.63. The zero-order valence-electron chi connectivity index (χ0n) is 15.9. The molecule has 0 aromatic rings. The quantitative estimate of drug-likeness (QED) is 0.366. The summed E-state index contributed by atoms with van der Waals surface area (Å²) in [4.78, 5) is 3.77. The minimum atomic E-state index is -0.329. The molecule has 3 rings (SSSR count). The van der Waals surface area contributed by atoms with Gasteiger partial charge < -0.3 is 21.5 Å². The standard InChI is InChI=1S/C22H28N4O/c1-13-20-11-18(22(23)24)6-5-17(20)12-21(13)27-14(2)16-7-9-19(10-8-16)26-15(3)25-4/h5-7,9,12,18,20,22,26H,2-4,8,10-11,23-24H2,1H3. The molecule has 0 saturated carbocycles. The number of rotatable bonds is 7. The van der Waals surface area contributed by atoms with Gasteiger partial charge in [-0.1, -0.05) is 31.4 Å². The van der Waals surface area contributed by atoms with Crippen molar-refractivity contribution in [2.24, 2.45) is 28.3 Å². The third kappa shape index (κ3) is 4.21. The summed E-state index contributed by atoms with van der Waals surface area (Å²) in [6.45, 7) is 13.5. The Bertz CT molecular complexity index is 823. The molecule has 0 aliphatic heterocycles. The Hall–Kier alpha value is -2.63. The summed E-state index contributed by atoms with van der Waals surface area (Å²) in [5.41, 5.74) is 16.4. The molecule has 2 atom stereocenters. The van der Waals surface area contributed by atoms with Crippen LogP contribution in [0.25, 0.3) is 0 Å². The van der Waals surface area contributed by atoms with Gasteiger partial charge in [-0.2, -0.15) is 0 Å². The summed E-state index contributed by atoms with van der Waals surface area (Å²) in [5, 5.41) is 3.13. The van der Waals surface area contributed by atoms with Crippen molar-refractivity contribution in [1.82, 2.24) is 5.32 Å². The van der Waals surface area contributed by atoms with Crippen LogP contribution in [0.3, 0.4) is 0 Å². The summed E-state index contributed by atoms with van der Waals surface area (Å²) in [6.07, 6.45) is 12.7. The van der Waals surface area contributed by atoms with Crippen molar-refractivity contribution in [3.05, 3.63) is 83.3 Å². The summed E-state index contributed by atoms with van der Waals surface area (Å²) in [6, 6.07) is 0. The van der Waals surface area contributed by atoms with E-state index in [1.807, 2.05) is 12.2 Å². The number of hydrogen-bond acceptors (Lipinski definition) is 5. The molecular formula is C22H28N4O. The number of nitrogens with one attached hydrogen (secondary N) is 1. The van der Waals surface area contributed by atoms with Gasteiger partial charge in [-0.15, -0.1) is 0 Å². The van der Waals surface area contributed by atoms with Crippen molar-refractivity contribution < 1.29 is 4.74 Å². The largest absolute Gasteiger partial charge is 0.458 e. The Morgan fingerprint density at radius 2 is 2.07 bits per heavy atom. The second kappa shape index (κ2) is 7.94. The molecule has 0 aromatic carbocycles. The van der Waals surface area contributed by atoms with Gasteiger partial charge in [-0.05, 0) is 61.8 Å². The number of allylic oxidation sites excluding steroid dienone is 8. The van der Waals surface area contributed by atoms with Crippen molar-refractivity contribution in [2.45, 2.75) is 32.4 Å². The first-order valence-corrected chi connectivity index (χ1v) is 9.20. The third-order valence-corrected chi connectivity index (χ3v) is 5.39. The van der Waals surface area contributed by atoms with Crippen LogP contribution < -0.4 is 16.8 Å². The van der Waals surface area contributed by atoms with Crippen molar-refractivity contribution in [1.29, 1.82) is 0 Å². The van der Waals surface area contributed by atoms with Crippen molar-refractivity contribution in [2.75, 3.05) is 0 Å². The second-order valence-corrected chi connectivity index (χ2v) is 7.22. The average Bonchev–Trinajstić information content (AvgIpc) is 2.97. The van der Waals surface area contributed by atoms with Crippen LogP contribution in [0.2, 0.25) is 0 Å². The van der Waals surface area contributed by atoms with Crippen LogP contribution in [0.5, 0.6) is 0 Å². The minimum Gasteiger partial charge on any atom is -0.458 e. The lowest BCUT2D eigenvalue weighted by Gasteiger charge is -2.27. The molecule has 0 fully saturated rings. The molecule has 142 valence electrons. The van der Waals surface area contributed by atoms with E-state index < -0.39 is 0 Å². The van der Waals surface area contributed by atoms with E-state index in [1.54, 1.807) is 0 Å². The first kappa shape index (κ1) is 19.1. The molecule has 0 amide bonds. The van der Waals surface area contributed by atoms with E-state index in [9.17, 15) is 0 Å². The molecule has 0 bridgehead atoms. The van der Waals surface area contributed by atoms with Crippen LogP contribution in [-0.4, -0.2) is 12.9 Å². The van der Waals surface area contributed by atoms with Gasteiger partial charge in [-0.3, -0.25) is 0 Å². The molecular weight excluding hydrogens is 336 g/mol. The minimum absolute atomic E-state index is 0.196. The molecule has 0 heterocycles. The normalized spacial score (nSPS) is 24.1. The molecule has 0 saturated heterocycles. The van der Waals surface area contributed by atoms with Gasteiger partial charge in [0, 0.05) is 17.5 Å².